The van der Waals surface area contributed by atoms with Gasteiger partial charge in [0.25, 0.3) is 10.0 Å². The molecule has 2 aromatic rings. The molecule has 1 amide bonds. The van der Waals surface area contributed by atoms with E-state index >= 15 is 0 Å². The fraction of sp³-hybridized carbons (Fsp3) is 0.278. The van der Waals surface area contributed by atoms with Crippen molar-refractivity contribution in [3.8, 4) is 0 Å². The Kier molecular flexibility index (Phi) is 6.33. The first-order valence-corrected chi connectivity index (χ1v) is 9.54. The van der Waals surface area contributed by atoms with E-state index in [2.05, 4.69) is 4.72 Å². The molecule has 1 unspecified atom stereocenters. The molecule has 2 rings (SSSR count). The molecule has 0 saturated heterocycles. The van der Waals surface area contributed by atoms with Crippen LogP contribution in [0.4, 0.5) is 10.1 Å². The highest BCUT2D eigenvalue weighted by molar-refractivity contribution is 7.92. The van der Waals surface area contributed by atoms with Crippen molar-refractivity contribution in [2.75, 3.05) is 18.3 Å². The summed E-state index contributed by atoms with van der Waals surface area (Å²) in [6.07, 6.45) is 0.200. The average Bonchev–Trinajstić information content (AvgIpc) is 2.62. The maximum Gasteiger partial charge on any atom is 0.261 e. The first kappa shape index (κ1) is 19.9. The lowest BCUT2D eigenvalue weighted by Gasteiger charge is -2.23. The van der Waals surface area contributed by atoms with Gasteiger partial charge in [0.05, 0.1) is 11.3 Å². The first-order chi connectivity index (χ1) is 12.2. The molecule has 3 N–H and O–H groups in total. The molecule has 1 atom stereocenters. The number of amides is 1. The minimum atomic E-state index is -3.80. The number of halogens is 1. The quantitative estimate of drug-likeness (QED) is 0.769. The molecule has 0 heterocycles. The molecule has 0 aliphatic carbocycles. The second-order valence-electron chi connectivity index (χ2n) is 6.02. The zero-order valence-electron chi connectivity index (χ0n) is 14.6. The van der Waals surface area contributed by atoms with Gasteiger partial charge in [-0.25, -0.2) is 12.8 Å². The Morgan fingerprint density at radius 2 is 1.73 bits per heavy atom. The molecule has 8 heteroatoms. The van der Waals surface area contributed by atoms with Gasteiger partial charge in [0.1, 0.15) is 5.82 Å². The van der Waals surface area contributed by atoms with Crippen LogP contribution in [-0.4, -0.2) is 38.9 Å². The van der Waals surface area contributed by atoms with Crippen LogP contribution in [-0.2, 0) is 21.2 Å². The van der Waals surface area contributed by atoms with Crippen molar-refractivity contribution in [3.63, 3.8) is 0 Å². The number of sulfonamides is 1. The lowest BCUT2D eigenvalue weighted by molar-refractivity contribution is -0.130. The second kappa shape index (κ2) is 8.29. The summed E-state index contributed by atoms with van der Waals surface area (Å²) in [5, 5.41) is 0. The van der Waals surface area contributed by atoms with Crippen molar-refractivity contribution in [2.24, 2.45) is 5.73 Å². The molecule has 0 radical (unpaired) electrons. The summed E-state index contributed by atoms with van der Waals surface area (Å²) in [5.74, 6) is -0.575. The van der Waals surface area contributed by atoms with E-state index in [-0.39, 0.29) is 23.3 Å². The number of nitrogens with two attached hydrogens (primary N) is 1. The van der Waals surface area contributed by atoms with E-state index in [4.69, 9.17) is 5.73 Å². The third-order valence-electron chi connectivity index (χ3n) is 4.08. The fourth-order valence-corrected chi connectivity index (χ4v) is 3.28. The molecule has 140 valence electrons. The second-order valence-corrected chi connectivity index (χ2v) is 7.70. The number of rotatable bonds is 7. The van der Waals surface area contributed by atoms with Gasteiger partial charge < -0.3 is 10.6 Å². The summed E-state index contributed by atoms with van der Waals surface area (Å²) in [6, 6.07) is 11.0. The van der Waals surface area contributed by atoms with Crippen molar-refractivity contribution >= 4 is 21.6 Å². The van der Waals surface area contributed by atoms with E-state index in [1.807, 2.05) is 6.92 Å². The fourth-order valence-electron chi connectivity index (χ4n) is 2.22. The van der Waals surface area contributed by atoms with Crippen molar-refractivity contribution in [3.05, 3.63) is 59.9 Å². The van der Waals surface area contributed by atoms with Crippen LogP contribution in [0.25, 0.3) is 0 Å². The largest absolute Gasteiger partial charge is 0.341 e. The number of hydrogen-bond acceptors (Lipinski definition) is 4. The van der Waals surface area contributed by atoms with Crippen molar-refractivity contribution < 1.29 is 17.6 Å². The van der Waals surface area contributed by atoms with Gasteiger partial charge in [0.2, 0.25) is 5.91 Å². The van der Waals surface area contributed by atoms with Crippen LogP contribution >= 0.6 is 0 Å². The summed E-state index contributed by atoms with van der Waals surface area (Å²) in [4.78, 5) is 13.7. The normalized spacial score (nSPS) is 12.5. The van der Waals surface area contributed by atoms with Crippen LogP contribution in [0.5, 0.6) is 0 Å². The molecule has 0 aliphatic heterocycles. The molecule has 0 spiro atoms. The summed E-state index contributed by atoms with van der Waals surface area (Å²) in [6.45, 7) is 2.25. The maximum absolute atomic E-state index is 12.9. The van der Waals surface area contributed by atoms with Crippen molar-refractivity contribution in [1.82, 2.24) is 4.90 Å². The maximum atomic E-state index is 12.9. The number of hydrogen-bond donors (Lipinski definition) is 2. The number of benzene rings is 2. The highest BCUT2D eigenvalue weighted by Gasteiger charge is 2.16. The lowest BCUT2D eigenvalue weighted by atomic mass is 10.1. The number of likely N-dealkylation sites (N-methyl/N-ethyl adjacent to an activating group) is 1. The number of anilines is 1. The van der Waals surface area contributed by atoms with Gasteiger partial charge in [-0.1, -0.05) is 12.1 Å². The molecule has 2 aromatic carbocycles. The van der Waals surface area contributed by atoms with Gasteiger partial charge in [-0.15, -0.1) is 0 Å². The molecule has 0 aromatic heterocycles. The molecule has 26 heavy (non-hydrogen) atoms. The minimum Gasteiger partial charge on any atom is -0.341 e. The Morgan fingerprint density at radius 3 is 2.27 bits per heavy atom. The standard InChI is InChI=1S/C18H22FN3O3S/c1-13(12-20)22(2)18(23)11-14-3-7-16(8-4-14)21-26(24,25)17-9-5-15(19)6-10-17/h3-10,13,21H,11-12,20H2,1-2H3. The van der Waals surface area contributed by atoms with Crippen LogP contribution in [0.3, 0.4) is 0 Å². The summed E-state index contributed by atoms with van der Waals surface area (Å²) < 4.78 is 39.9. The van der Waals surface area contributed by atoms with E-state index in [1.54, 1.807) is 36.2 Å². The van der Waals surface area contributed by atoms with Crippen LogP contribution in [0.2, 0.25) is 0 Å². The highest BCUT2D eigenvalue weighted by atomic mass is 32.2. The predicted octanol–water partition coefficient (Wildman–Crippen LogP) is 1.97. The highest BCUT2D eigenvalue weighted by Crippen LogP contribution is 2.17. The monoisotopic (exact) mass is 379 g/mol. The molecule has 0 saturated carbocycles. The topological polar surface area (TPSA) is 92.5 Å². The van der Waals surface area contributed by atoms with E-state index in [1.165, 1.54) is 12.1 Å². The number of nitrogens with one attached hydrogen (secondary N) is 1. The lowest BCUT2D eigenvalue weighted by Crippen LogP contribution is -2.40. The Morgan fingerprint density at radius 1 is 1.15 bits per heavy atom. The molecule has 6 nitrogen and oxygen atoms in total. The van der Waals surface area contributed by atoms with Crippen molar-refractivity contribution in [1.29, 1.82) is 0 Å². The number of nitrogens with zero attached hydrogens (tertiary/aromatic N) is 1. The third kappa shape index (κ3) is 5.03. The van der Waals surface area contributed by atoms with Gasteiger partial charge in [0, 0.05) is 25.3 Å². The van der Waals surface area contributed by atoms with Crippen LogP contribution < -0.4 is 10.5 Å². The van der Waals surface area contributed by atoms with Gasteiger partial charge in [-0.2, -0.15) is 0 Å². The van der Waals surface area contributed by atoms with Crippen molar-refractivity contribution in [2.45, 2.75) is 24.3 Å². The number of carbonyl (C=O) groups is 1. The van der Waals surface area contributed by atoms with Gasteiger partial charge >= 0.3 is 0 Å². The van der Waals surface area contributed by atoms with E-state index in [9.17, 15) is 17.6 Å². The summed E-state index contributed by atoms with van der Waals surface area (Å²) in [5.41, 5.74) is 6.67. The minimum absolute atomic E-state index is 0.0319. The molecular weight excluding hydrogens is 357 g/mol. The van der Waals surface area contributed by atoms with E-state index < -0.39 is 15.8 Å². The van der Waals surface area contributed by atoms with Crippen LogP contribution in [0.1, 0.15) is 12.5 Å². The molecule has 0 fully saturated rings. The van der Waals surface area contributed by atoms with Gasteiger partial charge in [0.15, 0.2) is 0 Å². The smallest absolute Gasteiger partial charge is 0.261 e. The van der Waals surface area contributed by atoms with Crippen LogP contribution in [0, 0.1) is 5.82 Å². The Balaban J connectivity index is 2.05. The SMILES string of the molecule is CC(CN)N(C)C(=O)Cc1ccc(NS(=O)(=O)c2ccc(F)cc2)cc1. The van der Waals surface area contributed by atoms with E-state index in [0.29, 0.717) is 12.2 Å². The molecule has 0 bridgehead atoms. The Bertz CT molecular complexity index is 852. The first-order valence-electron chi connectivity index (χ1n) is 8.06. The van der Waals surface area contributed by atoms with Gasteiger partial charge in [-0.3, -0.25) is 9.52 Å². The third-order valence-corrected chi connectivity index (χ3v) is 5.48. The predicted molar refractivity (Wildman–Crippen MR) is 98.6 cm³/mol. The Hall–Kier alpha value is -2.45. The molecular formula is C18H22FN3O3S. The summed E-state index contributed by atoms with van der Waals surface area (Å²) >= 11 is 0. The number of carbonyl (C=O) groups excluding carboxylic acids is 1. The Labute approximate surface area is 152 Å². The van der Waals surface area contributed by atoms with Gasteiger partial charge in [-0.05, 0) is 48.9 Å². The van der Waals surface area contributed by atoms with E-state index in [0.717, 1.165) is 17.7 Å². The molecule has 0 aliphatic rings. The zero-order valence-corrected chi connectivity index (χ0v) is 15.5. The average molecular weight is 379 g/mol. The zero-order chi connectivity index (χ0) is 19.3. The van der Waals surface area contributed by atoms with Crippen LogP contribution in [0.15, 0.2) is 53.4 Å². The summed E-state index contributed by atoms with van der Waals surface area (Å²) in [7, 11) is -2.10.